The lowest BCUT2D eigenvalue weighted by Crippen LogP contribution is -2.15. The van der Waals surface area contributed by atoms with E-state index in [4.69, 9.17) is 24.1 Å². The minimum absolute atomic E-state index is 0.225. The van der Waals surface area contributed by atoms with Gasteiger partial charge in [-0.15, -0.1) is 0 Å². The van der Waals surface area contributed by atoms with Crippen molar-refractivity contribution < 1.29 is 24.1 Å². The highest BCUT2D eigenvalue weighted by atomic mass is 16.6. The summed E-state index contributed by atoms with van der Waals surface area (Å²) < 4.78 is 21.7. The highest BCUT2D eigenvalue weighted by Gasteiger charge is 2.14. The summed E-state index contributed by atoms with van der Waals surface area (Å²) in [4.78, 5) is 0. The molecule has 1 aliphatic heterocycles. The first-order chi connectivity index (χ1) is 12.7. The van der Waals surface area contributed by atoms with Gasteiger partial charge in [0.25, 0.3) is 0 Å². The molecule has 5 nitrogen and oxygen atoms in total. The van der Waals surface area contributed by atoms with Gasteiger partial charge in [-0.2, -0.15) is 0 Å². The van der Waals surface area contributed by atoms with Gasteiger partial charge in [0, 0.05) is 28.8 Å². The average molecular weight is 350 g/mol. The molecule has 0 unspecified atom stereocenters. The van der Waals surface area contributed by atoms with E-state index < -0.39 is 0 Å². The van der Waals surface area contributed by atoms with Crippen molar-refractivity contribution in [2.75, 3.05) is 34.0 Å². The predicted molar refractivity (Wildman–Crippen MR) is 96.9 cm³/mol. The lowest BCUT2D eigenvalue weighted by molar-refractivity contribution is 0.171. The van der Waals surface area contributed by atoms with Crippen LogP contribution >= 0.6 is 0 Å². The summed E-state index contributed by atoms with van der Waals surface area (Å²) in [6.07, 6.45) is 0. The van der Waals surface area contributed by atoms with Crippen LogP contribution in [0.15, 0.2) is 30.3 Å². The average Bonchev–Trinajstić information content (AvgIpc) is 2.70. The Kier molecular flexibility index (Phi) is 5.53. The molecular weight excluding hydrogens is 332 g/mol. The maximum atomic E-state index is 8.98. The third kappa shape index (κ3) is 3.85. The van der Waals surface area contributed by atoms with Gasteiger partial charge < -0.3 is 24.1 Å². The number of fused-ring (bicyclic) bond motifs is 1. The molecule has 0 amide bonds. The van der Waals surface area contributed by atoms with Crippen molar-refractivity contribution in [2.24, 2.45) is 0 Å². The van der Waals surface area contributed by atoms with Gasteiger partial charge >= 0.3 is 0 Å². The number of hydrogen-bond donors (Lipinski definition) is 1. The Balaban J connectivity index is 2.00. The first-order valence-electron chi connectivity index (χ1n) is 8.02. The van der Waals surface area contributed by atoms with E-state index in [9.17, 15) is 0 Å². The number of rotatable bonds is 2. The van der Waals surface area contributed by atoms with E-state index in [2.05, 4.69) is 23.7 Å². The molecule has 0 spiro atoms. The molecule has 0 radical (unpaired) electrons. The summed E-state index contributed by atoms with van der Waals surface area (Å²) in [5, 5.41) is 8.98. The fraction of sp³-hybridized carbons (Fsp3) is 0.238. The zero-order valence-electron chi connectivity index (χ0n) is 14.6. The van der Waals surface area contributed by atoms with Crippen molar-refractivity contribution in [1.29, 1.82) is 0 Å². The van der Waals surface area contributed by atoms with Crippen LogP contribution < -0.4 is 18.9 Å². The number of methoxy groups -OCH3 is 2. The van der Waals surface area contributed by atoms with Crippen molar-refractivity contribution >= 4 is 0 Å². The lowest BCUT2D eigenvalue weighted by atomic mass is 10.1. The molecular formula is C21H18O5. The lowest BCUT2D eigenvalue weighted by Gasteiger charge is -2.19. The number of aliphatic hydroxyl groups excluding tert-OH is 1. The van der Waals surface area contributed by atoms with Gasteiger partial charge in [-0.25, -0.2) is 0 Å². The van der Waals surface area contributed by atoms with Crippen molar-refractivity contribution in [3.8, 4) is 46.7 Å². The van der Waals surface area contributed by atoms with Crippen molar-refractivity contribution in [2.45, 2.75) is 0 Å². The predicted octanol–water partition coefficient (Wildman–Crippen LogP) is 2.22. The number of hydrogen-bond acceptors (Lipinski definition) is 5. The summed E-state index contributed by atoms with van der Waals surface area (Å²) in [5.74, 6) is 14.3. The molecule has 2 aromatic carbocycles. The summed E-state index contributed by atoms with van der Waals surface area (Å²) in [7, 11) is 3.17. The van der Waals surface area contributed by atoms with E-state index >= 15 is 0 Å². The summed E-state index contributed by atoms with van der Waals surface area (Å²) in [6, 6.07) is 9.06. The molecule has 0 aliphatic carbocycles. The van der Waals surface area contributed by atoms with Crippen molar-refractivity contribution in [3.63, 3.8) is 0 Å². The molecule has 0 bridgehead atoms. The minimum Gasteiger partial charge on any atom is -0.493 e. The van der Waals surface area contributed by atoms with E-state index in [1.165, 1.54) is 0 Å². The van der Waals surface area contributed by atoms with Gasteiger partial charge in [0.2, 0.25) is 0 Å². The standard InChI is InChI=1S/C21H18O5/c1-23-18-8-6-15(12-19(18)24-2)5-7-17-14-21-20(25-10-11-26-21)13-16(17)4-3-9-22/h6,8,12-14,22H,9-11H2,1-2H3. The Morgan fingerprint density at radius 1 is 0.885 bits per heavy atom. The van der Waals surface area contributed by atoms with Gasteiger partial charge in [-0.05, 0) is 18.2 Å². The van der Waals surface area contributed by atoms with Gasteiger partial charge in [0.1, 0.15) is 19.8 Å². The zero-order chi connectivity index (χ0) is 18.4. The highest BCUT2D eigenvalue weighted by molar-refractivity contribution is 5.60. The Morgan fingerprint density at radius 3 is 2.15 bits per heavy atom. The minimum atomic E-state index is -0.225. The Morgan fingerprint density at radius 2 is 1.54 bits per heavy atom. The SMILES string of the molecule is COc1ccc(C#Cc2cc3c(cc2C#CCO)OCCO3)cc1OC. The molecule has 2 aromatic rings. The van der Waals surface area contributed by atoms with Crippen LogP contribution in [0, 0.1) is 23.7 Å². The first kappa shape index (κ1) is 17.5. The van der Waals surface area contributed by atoms with Crippen LogP contribution in [-0.4, -0.2) is 39.1 Å². The van der Waals surface area contributed by atoms with Gasteiger partial charge in [-0.1, -0.05) is 23.7 Å². The number of ether oxygens (including phenoxy) is 4. The second kappa shape index (κ2) is 8.20. The smallest absolute Gasteiger partial charge is 0.162 e. The van der Waals surface area contributed by atoms with E-state index in [1.807, 2.05) is 18.2 Å². The first-order valence-corrected chi connectivity index (χ1v) is 8.02. The number of benzene rings is 2. The third-order valence-corrected chi connectivity index (χ3v) is 3.71. The molecule has 26 heavy (non-hydrogen) atoms. The van der Waals surface area contributed by atoms with Crippen molar-refractivity contribution in [1.82, 2.24) is 0 Å². The highest BCUT2D eigenvalue weighted by Crippen LogP contribution is 2.33. The van der Waals surface area contributed by atoms with Crippen molar-refractivity contribution in [3.05, 3.63) is 47.0 Å². The molecule has 132 valence electrons. The molecule has 1 N–H and O–H groups in total. The molecule has 5 heteroatoms. The van der Waals surface area contributed by atoms with Crippen LogP contribution in [0.4, 0.5) is 0 Å². The molecule has 0 saturated heterocycles. The molecule has 1 aliphatic rings. The monoisotopic (exact) mass is 350 g/mol. The molecule has 1 heterocycles. The maximum absolute atomic E-state index is 8.98. The topological polar surface area (TPSA) is 57.2 Å². The Hall–Kier alpha value is -3.28. The van der Waals surface area contributed by atoms with E-state index in [1.54, 1.807) is 26.4 Å². The summed E-state index contributed by atoms with van der Waals surface area (Å²) >= 11 is 0. The third-order valence-electron chi connectivity index (χ3n) is 3.71. The molecule has 0 aromatic heterocycles. The van der Waals surface area contributed by atoms with Gasteiger partial charge in [-0.3, -0.25) is 0 Å². The molecule has 0 atom stereocenters. The molecule has 0 fully saturated rings. The number of aliphatic hydroxyl groups is 1. The van der Waals surface area contributed by atoms with Crippen LogP contribution in [0.5, 0.6) is 23.0 Å². The maximum Gasteiger partial charge on any atom is 0.162 e. The van der Waals surface area contributed by atoms with E-state index in [-0.39, 0.29) is 6.61 Å². The van der Waals surface area contributed by atoms with Crippen LogP contribution in [0.3, 0.4) is 0 Å². The Bertz CT molecular complexity index is 925. The van der Waals surface area contributed by atoms with Gasteiger partial charge in [0.05, 0.1) is 14.2 Å². The largest absolute Gasteiger partial charge is 0.493 e. The van der Waals surface area contributed by atoms with Crippen LogP contribution in [0.1, 0.15) is 16.7 Å². The fourth-order valence-electron chi connectivity index (χ4n) is 2.48. The molecule has 3 rings (SSSR count). The molecule has 0 saturated carbocycles. The summed E-state index contributed by atoms with van der Waals surface area (Å²) in [5.41, 5.74) is 2.15. The quantitative estimate of drug-likeness (QED) is 0.842. The van der Waals surface area contributed by atoms with Crippen LogP contribution in [0.25, 0.3) is 0 Å². The van der Waals surface area contributed by atoms with Crippen LogP contribution in [-0.2, 0) is 0 Å². The second-order valence-electron chi connectivity index (χ2n) is 5.32. The van der Waals surface area contributed by atoms with E-state index in [0.717, 1.165) is 5.56 Å². The zero-order valence-corrected chi connectivity index (χ0v) is 14.6. The van der Waals surface area contributed by atoms with Gasteiger partial charge in [0.15, 0.2) is 23.0 Å². The normalized spacial score (nSPS) is 11.5. The Labute approximate surface area is 152 Å². The van der Waals surface area contributed by atoms with Crippen LogP contribution in [0.2, 0.25) is 0 Å². The van der Waals surface area contributed by atoms with E-state index in [0.29, 0.717) is 47.3 Å². The summed E-state index contributed by atoms with van der Waals surface area (Å²) in [6.45, 7) is 0.769. The second-order valence-corrected chi connectivity index (χ2v) is 5.32. The fourth-order valence-corrected chi connectivity index (χ4v) is 2.48.